The Hall–Kier alpha value is -3.61. The number of nitrogens with zero attached hydrogens (tertiary/aromatic N) is 4. The van der Waals surface area contributed by atoms with Gasteiger partial charge in [0, 0.05) is 42.0 Å². The van der Waals surface area contributed by atoms with E-state index >= 15 is 0 Å². The van der Waals surface area contributed by atoms with Gasteiger partial charge in [-0.25, -0.2) is 14.4 Å². The summed E-state index contributed by atoms with van der Waals surface area (Å²) in [7, 11) is 0. The van der Waals surface area contributed by atoms with Crippen LogP contribution >= 0.6 is 0 Å². The fourth-order valence-corrected chi connectivity index (χ4v) is 2.88. The molecule has 1 aromatic carbocycles. The van der Waals surface area contributed by atoms with Gasteiger partial charge in [0.05, 0.1) is 13.0 Å². The Labute approximate surface area is 181 Å². The van der Waals surface area contributed by atoms with E-state index in [1.807, 2.05) is 20.8 Å². The normalized spacial score (nSPS) is 11.9. The van der Waals surface area contributed by atoms with E-state index in [9.17, 15) is 14.3 Å². The summed E-state index contributed by atoms with van der Waals surface area (Å²) in [6.45, 7) is 6.14. The number of aliphatic hydroxyl groups excluding tert-OH is 1. The minimum absolute atomic E-state index is 0.0383. The largest absolute Gasteiger partial charge is 0.506 e. The van der Waals surface area contributed by atoms with Crippen LogP contribution in [0.25, 0.3) is 5.76 Å². The predicted molar refractivity (Wildman–Crippen MR) is 116 cm³/mol. The number of hydrogen-bond donors (Lipinski definition) is 1. The molecule has 0 aliphatic rings. The number of rotatable bonds is 6. The molecule has 0 fully saturated rings. The SMILES string of the molecule is CC(C)(C)c1ncc(CC(=O)N(/C=C(\O)c2cccnc2)Cc2cccc(F)c2)cn1. The standard InChI is InChI=1S/C24H25FN4O2/c1-24(2,3)23-27-12-18(13-28-23)11-22(31)29(15-17-6-4-8-20(25)10-17)16-21(30)19-7-5-9-26-14-19/h4-10,12-14,16,30H,11,15H2,1-3H3/b21-16-. The summed E-state index contributed by atoms with van der Waals surface area (Å²) >= 11 is 0. The smallest absolute Gasteiger partial charge is 0.231 e. The Morgan fingerprint density at radius 3 is 2.45 bits per heavy atom. The zero-order valence-electron chi connectivity index (χ0n) is 17.8. The Morgan fingerprint density at radius 1 is 1.10 bits per heavy atom. The molecule has 0 saturated carbocycles. The van der Waals surface area contributed by atoms with Crippen molar-refractivity contribution >= 4 is 11.7 Å². The van der Waals surface area contributed by atoms with Crippen molar-refractivity contribution in [2.75, 3.05) is 0 Å². The number of benzene rings is 1. The molecule has 2 heterocycles. The van der Waals surface area contributed by atoms with Gasteiger partial charge in [0.15, 0.2) is 0 Å². The van der Waals surface area contributed by atoms with Gasteiger partial charge in [-0.1, -0.05) is 32.9 Å². The third kappa shape index (κ3) is 6.18. The fourth-order valence-electron chi connectivity index (χ4n) is 2.88. The predicted octanol–water partition coefficient (Wildman–Crippen LogP) is 4.44. The van der Waals surface area contributed by atoms with E-state index in [0.717, 1.165) is 0 Å². The Balaban J connectivity index is 1.85. The highest BCUT2D eigenvalue weighted by atomic mass is 19.1. The lowest BCUT2D eigenvalue weighted by molar-refractivity contribution is -0.128. The molecule has 0 spiro atoms. The van der Waals surface area contributed by atoms with Crippen molar-refractivity contribution in [1.82, 2.24) is 19.9 Å². The minimum atomic E-state index is -0.392. The van der Waals surface area contributed by atoms with Crippen LogP contribution < -0.4 is 0 Å². The number of halogens is 1. The summed E-state index contributed by atoms with van der Waals surface area (Å²) in [5.41, 5.74) is 1.53. The topological polar surface area (TPSA) is 79.2 Å². The van der Waals surface area contributed by atoms with E-state index in [-0.39, 0.29) is 30.0 Å². The first-order chi connectivity index (χ1) is 14.7. The van der Waals surface area contributed by atoms with E-state index in [2.05, 4.69) is 15.0 Å². The molecule has 7 heteroatoms. The summed E-state index contributed by atoms with van der Waals surface area (Å²) < 4.78 is 13.6. The van der Waals surface area contributed by atoms with E-state index < -0.39 is 5.82 Å². The number of carbonyl (C=O) groups excluding carboxylic acids is 1. The molecule has 0 radical (unpaired) electrons. The molecule has 0 unspecified atom stereocenters. The van der Waals surface area contributed by atoms with Crippen LogP contribution in [-0.2, 0) is 23.2 Å². The summed E-state index contributed by atoms with van der Waals surface area (Å²) in [4.78, 5) is 27.1. The molecule has 1 amide bonds. The van der Waals surface area contributed by atoms with Gasteiger partial charge in [-0.3, -0.25) is 9.78 Å². The first-order valence-electron chi connectivity index (χ1n) is 9.89. The van der Waals surface area contributed by atoms with E-state index in [1.54, 1.807) is 42.9 Å². The second-order valence-electron chi connectivity index (χ2n) is 8.25. The highest BCUT2D eigenvalue weighted by Gasteiger charge is 2.19. The van der Waals surface area contributed by atoms with Gasteiger partial charge in [-0.05, 0) is 35.4 Å². The molecule has 0 bridgehead atoms. The van der Waals surface area contributed by atoms with Gasteiger partial charge in [-0.2, -0.15) is 0 Å². The van der Waals surface area contributed by atoms with Crippen LogP contribution in [0, 0.1) is 5.82 Å². The van der Waals surface area contributed by atoms with Gasteiger partial charge >= 0.3 is 0 Å². The van der Waals surface area contributed by atoms with Crippen LogP contribution in [0.15, 0.2) is 67.4 Å². The maximum Gasteiger partial charge on any atom is 0.231 e. The maximum absolute atomic E-state index is 13.6. The highest BCUT2D eigenvalue weighted by Crippen LogP contribution is 2.18. The molecule has 3 rings (SSSR count). The zero-order chi connectivity index (χ0) is 22.4. The molecule has 1 N–H and O–H groups in total. The van der Waals surface area contributed by atoms with Gasteiger partial charge in [0.2, 0.25) is 5.91 Å². The van der Waals surface area contributed by atoms with E-state index in [4.69, 9.17) is 0 Å². The van der Waals surface area contributed by atoms with Crippen molar-refractivity contribution in [3.8, 4) is 0 Å². The Kier molecular flexibility index (Phi) is 6.74. The first kappa shape index (κ1) is 22.1. The fraction of sp³-hybridized carbons (Fsp3) is 0.250. The summed E-state index contributed by atoms with van der Waals surface area (Å²) in [5, 5.41) is 10.5. The molecule has 0 atom stereocenters. The van der Waals surface area contributed by atoms with Crippen LogP contribution in [-0.4, -0.2) is 30.9 Å². The summed E-state index contributed by atoms with van der Waals surface area (Å²) in [6, 6.07) is 9.37. The average Bonchev–Trinajstić information content (AvgIpc) is 2.73. The zero-order valence-corrected chi connectivity index (χ0v) is 17.8. The minimum Gasteiger partial charge on any atom is -0.506 e. The monoisotopic (exact) mass is 420 g/mol. The van der Waals surface area contributed by atoms with Crippen molar-refractivity contribution in [2.24, 2.45) is 0 Å². The van der Waals surface area contributed by atoms with E-state index in [1.165, 1.54) is 29.4 Å². The second kappa shape index (κ2) is 9.47. The Morgan fingerprint density at radius 2 is 1.84 bits per heavy atom. The van der Waals surface area contributed by atoms with Crippen LogP contribution in [0.4, 0.5) is 4.39 Å². The summed E-state index contributed by atoms with van der Waals surface area (Å²) in [5.74, 6) is -0.102. The molecule has 2 aromatic heterocycles. The van der Waals surface area contributed by atoms with Gasteiger partial charge in [-0.15, -0.1) is 0 Å². The van der Waals surface area contributed by atoms with Crippen molar-refractivity contribution < 1.29 is 14.3 Å². The quantitative estimate of drug-likeness (QED) is 0.597. The molecule has 0 saturated heterocycles. The first-order valence-corrected chi connectivity index (χ1v) is 9.89. The van der Waals surface area contributed by atoms with Gasteiger partial charge in [0.25, 0.3) is 0 Å². The number of pyridine rings is 1. The van der Waals surface area contributed by atoms with Crippen molar-refractivity contribution in [1.29, 1.82) is 0 Å². The van der Waals surface area contributed by atoms with Gasteiger partial charge in [0.1, 0.15) is 17.4 Å². The van der Waals surface area contributed by atoms with Crippen LogP contribution in [0.3, 0.4) is 0 Å². The van der Waals surface area contributed by atoms with Crippen molar-refractivity contribution in [2.45, 2.75) is 39.2 Å². The lowest BCUT2D eigenvalue weighted by atomic mass is 9.96. The third-order valence-corrected chi connectivity index (χ3v) is 4.53. The van der Waals surface area contributed by atoms with Crippen LogP contribution in [0.2, 0.25) is 0 Å². The molecule has 160 valence electrons. The lowest BCUT2D eigenvalue weighted by Crippen LogP contribution is -2.27. The molecular formula is C24H25FN4O2. The number of aromatic nitrogens is 3. The van der Waals surface area contributed by atoms with E-state index in [0.29, 0.717) is 22.5 Å². The van der Waals surface area contributed by atoms with Crippen molar-refractivity contribution in [3.05, 3.63) is 95.7 Å². The number of aliphatic hydroxyl groups is 1. The molecule has 6 nitrogen and oxygen atoms in total. The highest BCUT2D eigenvalue weighted by molar-refractivity contribution is 5.80. The molecule has 0 aliphatic carbocycles. The molecule has 0 aliphatic heterocycles. The maximum atomic E-state index is 13.6. The Bertz CT molecular complexity index is 1060. The van der Waals surface area contributed by atoms with Crippen LogP contribution in [0.1, 0.15) is 43.3 Å². The molecule has 31 heavy (non-hydrogen) atoms. The number of amides is 1. The number of hydrogen-bond acceptors (Lipinski definition) is 5. The molecule has 3 aromatic rings. The lowest BCUT2D eigenvalue weighted by Gasteiger charge is -2.20. The molecular weight excluding hydrogens is 395 g/mol. The van der Waals surface area contributed by atoms with Crippen LogP contribution in [0.5, 0.6) is 0 Å². The second-order valence-corrected chi connectivity index (χ2v) is 8.25. The van der Waals surface area contributed by atoms with Crippen molar-refractivity contribution in [3.63, 3.8) is 0 Å². The summed E-state index contributed by atoms with van der Waals surface area (Å²) in [6.07, 6.45) is 7.74. The third-order valence-electron chi connectivity index (χ3n) is 4.53. The number of carbonyl (C=O) groups is 1. The van der Waals surface area contributed by atoms with Gasteiger partial charge < -0.3 is 10.0 Å². The average molecular weight is 420 g/mol.